The van der Waals surface area contributed by atoms with Gasteiger partial charge in [-0.3, -0.25) is 14.5 Å². The first-order valence-electron chi connectivity index (χ1n) is 11.8. The van der Waals surface area contributed by atoms with Crippen LogP contribution in [0.3, 0.4) is 0 Å². The van der Waals surface area contributed by atoms with Gasteiger partial charge in [0, 0.05) is 61.8 Å². The molecular formula is C25H33N3O5S. The van der Waals surface area contributed by atoms with Crippen molar-refractivity contribution in [2.24, 2.45) is 0 Å². The highest BCUT2D eigenvalue weighted by molar-refractivity contribution is 7.89. The highest BCUT2D eigenvalue weighted by Crippen LogP contribution is 2.22. The fraction of sp³-hybridized carbons (Fsp3) is 0.520. The lowest BCUT2D eigenvalue weighted by atomic mass is 10.1. The smallest absolute Gasteiger partial charge is 0.243 e. The van der Waals surface area contributed by atoms with E-state index in [0.717, 1.165) is 42.9 Å². The largest absolute Gasteiger partial charge is 0.376 e. The van der Waals surface area contributed by atoms with Gasteiger partial charge in [0.1, 0.15) is 0 Å². The van der Waals surface area contributed by atoms with E-state index in [2.05, 4.69) is 4.57 Å². The van der Waals surface area contributed by atoms with Crippen LogP contribution < -0.4 is 0 Å². The highest BCUT2D eigenvalue weighted by atomic mass is 32.2. The number of Topliss-reactive ketones (excluding diaryl/α,β-unsaturated/α-hetero) is 2. The van der Waals surface area contributed by atoms with Gasteiger partial charge < -0.3 is 9.30 Å². The monoisotopic (exact) mass is 487 g/mol. The summed E-state index contributed by atoms with van der Waals surface area (Å²) >= 11 is 0. The molecule has 3 heterocycles. The van der Waals surface area contributed by atoms with Crippen LogP contribution in [0.15, 0.2) is 35.2 Å². The van der Waals surface area contributed by atoms with Gasteiger partial charge in [-0.2, -0.15) is 4.31 Å². The average molecular weight is 488 g/mol. The van der Waals surface area contributed by atoms with E-state index in [1.165, 1.54) is 23.4 Å². The topological polar surface area (TPSA) is 88.9 Å². The normalized spacial score (nSPS) is 20.0. The number of nitrogens with zero attached hydrogens (tertiary/aromatic N) is 3. The quantitative estimate of drug-likeness (QED) is 0.532. The van der Waals surface area contributed by atoms with Crippen LogP contribution in [0.25, 0.3) is 0 Å². The molecule has 0 N–H and O–H groups in total. The molecule has 2 aliphatic heterocycles. The second-order valence-corrected chi connectivity index (χ2v) is 11.2. The fourth-order valence-electron chi connectivity index (χ4n) is 4.78. The summed E-state index contributed by atoms with van der Waals surface area (Å²) in [4.78, 5) is 26.7. The van der Waals surface area contributed by atoms with Gasteiger partial charge in [0.05, 0.1) is 17.5 Å². The van der Waals surface area contributed by atoms with Crippen LogP contribution in [0.2, 0.25) is 0 Å². The lowest BCUT2D eigenvalue weighted by Gasteiger charge is -2.33. The number of ketones is 2. The van der Waals surface area contributed by atoms with Crippen molar-refractivity contribution in [3.05, 3.63) is 52.8 Å². The van der Waals surface area contributed by atoms with Crippen molar-refractivity contribution in [2.45, 2.75) is 51.2 Å². The summed E-state index contributed by atoms with van der Waals surface area (Å²) in [7, 11) is -3.63. The predicted molar refractivity (Wildman–Crippen MR) is 129 cm³/mol. The molecule has 2 fully saturated rings. The Morgan fingerprint density at radius 3 is 2.32 bits per heavy atom. The molecular weight excluding hydrogens is 454 g/mol. The Bertz CT molecular complexity index is 1160. The minimum atomic E-state index is -3.63. The van der Waals surface area contributed by atoms with Gasteiger partial charge in [-0.05, 0) is 51.8 Å². The minimum absolute atomic E-state index is 0.0582. The molecule has 1 atom stereocenters. The molecule has 34 heavy (non-hydrogen) atoms. The maximum Gasteiger partial charge on any atom is 0.243 e. The summed E-state index contributed by atoms with van der Waals surface area (Å²) in [5.41, 5.74) is 3.24. The summed E-state index contributed by atoms with van der Waals surface area (Å²) in [5, 5.41) is 0. The molecule has 0 spiro atoms. The molecule has 9 heteroatoms. The zero-order valence-corrected chi connectivity index (χ0v) is 20.9. The van der Waals surface area contributed by atoms with Crippen LogP contribution in [0.4, 0.5) is 0 Å². The molecule has 2 saturated heterocycles. The van der Waals surface area contributed by atoms with Crippen molar-refractivity contribution in [3.8, 4) is 0 Å². The Balaban J connectivity index is 1.36. The molecule has 2 aromatic rings. The van der Waals surface area contributed by atoms with Crippen LogP contribution in [0, 0.1) is 13.8 Å². The van der Waals surface area contributed by atoms with E-state index < -0.39 is 10.0 Å². The minimum Gasteiger partial charge on any atom is -0.376 e. The zero-order chi connectivity index (χ0) is 24.5. The van der Waals surface area contributed by atoms with Crippen LogP contribution in [-0.4, -0.2) is 79.2 Å². The van der Waals surface area contributed by atoms with Gasteiger partial charge in [-0.25, -0.2) is 8.42 Å². The molecule has 0 aliphatic carbocycles. The summed E-state index contributed by atoms with van der Waals surface area (Å²) in [6.45, 7) is 8.93. The third kappa shape index (κ3) is 5.17. The van der Waals surface area contributed by atoms with Crippen molar-refractivity contribution < 1.29 is 22.7 Å². The van der Waals surface area contributed by atoms with Crippen LogP contribution in [0.5, 0.6) is 0 Å². The maximum absolute atomic E-state index is 13.1. The summed E-state index contributed by atoms with van der Waals surface area (Å²) in [5.74, 6) is -0.0438. The molecule has 0 saturated carbocycles. The summed E-state index contributed by atoms with van der Waals surface area (Å²) < 4.78 is 35.4. The van der Waals surface area contributed by atoms with Gasteiger partial charge in [0.15, 0.2) is 11.6 Å². The number of aryl methyl sites for hydroxylation is 1. The Kier molecular flexibility index (Phi) is 7.37. The average Bonchev–Trinajstić information content (AvgIpc) is 3.43. The Hall–Kier alpha value is -2.33. The third-order valence-corrected chi connectivity index (χ3v) is 8.79. The van der Waals surface area contributed by atoms with Crippen molar-refractivity contribution >= 4 is 21.6 Å². The number of benzene rings is 1. The Morgan fingerprint density at radius 2 is 1.74 bits per heavy atom. The molecule has 0 bridgehead atoms. The van der Waals surface area contributed by atoms with Gasteiger partial charge in [-0.1, -0.05) is 12.1 Å². The zero-order valence-electron chi connectivity index (χ0n) is 20.1. The maximum atomic E-state index is 13.1. The number of ether oxygens (including phenoxy) is 1. The Labute approximate surface area is 201 Å². The molecule has 2 aliphatic rings. The second kappa shape index (κ2) is 10.1. The number of aromatic nitrogens is 1. The standard InChI is InChI=1S/C25H33N3O5S/c1-18-15-24(19(2)28(18)16-22-5-4-14-33-22)25(30)17-26-10-12-27(13-11-26)34(31,32)23-8-6-21(7-9-23)20(3)29/h6-9,15,22H,4-5,10-14,16-17H2,1-3H3/t22-/m0/s1. The second-order valence-electron chi connectivity index (χ2n) is 9.21. The van der Waals surface area contributed by atoms with Crippen LogP contribution >= 0.6 is 0 Å². The van der Waals surface area contributed by atoms with Crippen LogP contribution in [0.1, 0.15) is 51.9 Å². The first-order valence-corrected chi connectivity index (χ1v) is 13.3. The first kappa shape index (κ1) is 24.8. The van der Waals surface area contributed by atoms with Gasteiger partial charge in [-0.15, -0.1) is 0 Å². The van der Waals surface area contributed by atoms with Gasteiger partial charge in [0.2, 0.25) is 10.0 Å². The lowest BCUT2D eigenvalue weighted by molar-refractivity contribution is 0.0896. The third-order valence-electron chi connectivity index (χ3n) is 6.88. The molecule has 0 radical (unpaired) electrons. The summed E-state index contributed by atoms with van der Waals surface area (Å²) in [6.07, 6.45) is 2.34. The number of carbonyl (C=O) groups excluding carboxylic acids is 2. The van der Waals surface area contributed by atoms with Crippen molar-refractivity contribution in [1.29, 1.82) is 0 Å². The van der Waals surface area contributed by atoms with E-state index in [-0.39, 0.29) is 29.1 Å². The van der Waals surface area contributed by atoms with Gasteiger partial charge in [0.25, 0.3) is 0 Å². The lowest BCUT2D eigenvalue weighted by Crippen LogP contribution is -2.49. The van der Waals surface area contributed by atoms with Gasteiger partial charge >= 0.3 is 0 Å². The van der Waals surface area contributed by atoms with Crippen molar-refractivity contribution in [3.63, 3.8) is 0 Å². The predicted octanol–water partition coefficient (Wildman–Crippen LogP) is 2.68. The van der Waals surface area contributed by atoms with Crippen molar-refractivity contribution in [1.82, 2.24) is 13.8 Å². The number of carbonyl (C=O) groups is 2. The molecule has 0 unspecified atom stereocenters. The van der Waals surface area contributed by atoms with E-state index in [0.29, 0.717) is 31.7 Å². The highest BCUT2D eigenvalue weighted by Gasteiger charge is 2.30. The van der Waals surface area contributed by atoms with Crippen molar-refractivity contribution in [2.75, 3.05) is 39.3 Å². The number of sulfonamides is 1. The SMILES string of the molecule is CC(=O)c1ccc(S(=O)(=O)N2CCN(CC(=O)c3cc(C)n(C[C@@H]4CCCO4)c3C)CC2)cc1. The molecule has 4 rings (SSSR count). The van der Waals surface area contributed by atoms with E-state index in [9.17, 15) is 18.0 Å². The number of hydrogen-bond acceptors (Lipinski definition) is 6. The van der Waals surface area contributed by atoms with E-state index >= 15 is 0 Å². The fourth-order valence-corrected chi connectivity index (χ4v) is 6.21. The molecule has 184 valence electrons. The summed E-state index contributed by atoms with van der Waals surface area (Å²) in [6, 6.07) is 8.00. The van der Waals surface area contributed by atoms with E-state index in [4.69, 9.17) is 4.74 Å². The first-order chi connectivity index (χ1) is 16.2. The molecule has 8 nitrogen and oxygen atoms in total. The number of rotatable bonds is 8. The Morgan fingerprint density at radius 1 is 1.06 bits per heavy atom. The molecule has 1 aromatic heterocycles. The van der Waals surface area contributed by atoms with E-state index in [1.807, 2.05) is 24.8 Å². The van der Waals surface area contributed by atoms with Crippen LogP contribution in [-0.2, 0) is 21.3 Å². The number of hydrogen-bond donors (Lipinski definition) is 0. The molecule has 1 aromatic carbocycles. The number of piperazine rings is 1. The van der Waals surface area contributed by atoms with E-state index in [1.54, 1.807) is 12.1 Å². The molecule has 0 amide bonds.